The van der Waals surface area contributed by atoms with Crippen LogP contribution >= 0.6 is 0 Å². The van der Waals surface area contributed by atoms with Crippen molar-refractivity contribution in [1.82, 2.24) is 24.9 Å². The van der Waals surface area contributed by atoms with E-state index in [9.17, 15) is 4.79 Å². The molecule has 0 saturated heterocycles. The predicted molar refractivity (Wildman–Crippen MR) is 130 cm³/mol. The molecule has 8 nitrogen and oxygen atoms in total. The summed E-state index contributed by atoms with van der Waals surface area (Å²) in [6.07, 6.45) is 5.15. The van der Waals surface area contributed by atoms with E-state index in [0.717, 1.165) is 42.4 Å². The second-order valence-electron chi connectivity index (χ2n) is 7.57. The van der Waals surface area contributed by atoms with Crippen LogP contribution < -0.4 is 10.6 Å². The number of pyridine rings is 1. The maximum absolute atomic E-state index is 12.4. The fraction of sp³-hybridized carbons (Fsp3) is 0.200. The monoisotopic (exact) mass is 441 g/mol. The standard InChI is InChI=1S/C25H27N7O/c1-3-31(4-2)17-23-18-32(30-29-23)24-12-6-11-22(15-24)27-20-9-5-10-21(14-20)28-25(33)19-8-7-13-26-16-19/h5-16,18,27H,3-4,17H2,1-2H3,(H,28,33). The molecule has 0 aliphatic heterocycles. The lowest BCUT2D eigenvalue weighted by atomic mass is 10.2. The molecular weight excluding hydrogens is 414 g/mol. The highest BCUT2D eigenvalue weighted by Crippen LogP contribution is 2.22. The minimum absolute atomic E-state index is 0.200. The smallest absolute Gasteiger partial charge is 0.257 e. The van der Waals surface area contributed by atoms with E-state index in [1.807, 2.05) is 54.7 Å². The van der Waals surface area contributed by atoms with Gasteiger partial charge in [0.1, 0.15) is 0 Å². The zero-order valence-corrected chi connectivity index (χ0v) is 18.8. The number of rotatable bonds is 9. The highest BCUT2D eigenvalue weighted by molar-refractivity contribution is 6.04. The summed E-state index contributed by atoms with van der Waals surface area (Å²) in [6, 6.07) is 19.0. The quantitative estimate of drug-likeness (QED) is 0.398. The van der Waals surface area contributed by atoms with Gasteiger partial charge >= 0.3 is 0 Å². The third kappa shape index (κ3) is 5.81. The van der Waals surface area contributed by atoms with E-state index in [1.165, 1.54) is 0 Å². The van der Waals surface area contributed by atoms with Gasteiger partial charge in [-0.1, -0.05) is 31.2 Å². The number of anilines is 3. The van der Waals surface area contributed by atoms with Gasteiger partial charge in [-0.3, -0.25) is 14.7 Å². The van der Waals surface area contributed by atoms with Crippen LogP contribution in [-0.4, -0.2) is 43.9 Å². The lowest BCUT2D eigenvalue weighted by molar-refractivity contribution is 0.102. The lowest BCUT2D eigenvalue weighted by Gasteiger charge is -2.15. The van der Waals surface area contributed by atoms with Crippen molar-refractivity contribution < 1.29 is 4.79 Å². The van der Waals surface area contributed by atoms with Crippen LogP contribution in [-0.2, 0) is 6.54 Å². The number of hydrogen-bond donors (Lipinski definition) is 2. The summed E-state index contributed by atoms with van der Waals surface area (Å²) < 4.78 is 1.79. The van der Waals surface area contributed by atoms with Gasteiger partial charge in [0.25, 0.3) is 5.91 Å². The van der Waals surface area contributed by atoms with Gasteiger partial charge in [0, 0.05) is 36.0 Å². The molecule has 4 aromatic rings. The molecule has 2 heterocycles. The summed E-state index contributed by atoms with van der Waals surface area (Å²) in [7, 11) is 0. The van der Waals surface area contributed by atoms with Crippen LogP contribution in [0.5, 0.6) is 0 Å². The molecule has 0 fully saturated rings. The maximum atomic E-state index is 12.4. The Balaban J connectivity index is 1.45. The van der Waals surface area contributed by atoms with Gasteiger partial charge in [0.2, 0.25) is 0 Å². The first-order valence-corrected chi connectivity index (χ1v) is 11.0. The van der Waals surface area contributed by atoms with E-state index in [-0.39, 0.29) is 5.91 Å². The summed E-state index contributed by atoms with van der Waals surface area (Å²) in [5.74, 6) is -0.200. The fourth-order valence-corrected chi connectivity index (χ4v) is 3.44. The second kappa shape index (κ2) is 10.5. The van der Waals surface area contributed by atoms with Crippen molar-refractivity contribution in [2.75, 3.05) is 23.7 Å². The molecular formula is C25H27N7O. The number of nitrogens with zero attached hydrogens (tertiary/aromatic N) is 5. The van der Waals surface area contributed by atoms with Crippen LogP contribution in [0.15, 0.2) is 79.3 Å². The Morgan fingerprint density at radius 3 is 2.48 bits per heavy atom. The molecule has 0 saturated carbocycles. The molecule has 0 unspecified atom stereocenters. The highest BCUT2D eigenvalue weighted by atomic mass is 16.1. The Hall–Kier alpha value is -4.04. The van der Waals surface area contributed by atoms with Crippen LogP contribution in [0.1, 0.15) is 29.9 Å². The zero-order valence-electron chi connectivity index (χ0n) is 18.8. The van der Waals surface area contributed by atoms with E-state index < -0.39 is 0 Å². The van der Waals surface area contributed by atoms with Crippen molar-refractivity contribution in [1.29, 1.82) is 0 Å². The predicted octanol–water partition coefficient (Wildman–Crippen LogP) is 4.50. The van der Waals surface area contributed by atoms with Crippen LogP contribution in [0.2, 0.25) is 0 Å². The highest BCUT2D eigenvalue weighted by Gasteiger charge is 2.09. The number of amides is 1. The first kappa shape index (κ1) is 22.2. The largest absolute Gasteiger partial charge is 0.355 e. The third-order valence-electron chi connectivity index (χ3n) is 5.26. The number of nitrogens with one attached hydrogen (secondary N) is 2. The molecule has 33 heavy (non-hydrogen) atoms. The summed E-state index contributed by atoms with van der Waals surface area (Å²) in [5, 5.41) is 14.9. The van der Waals surface area contributed by atoms with Crippen LogP contribution in [0, 0.1) is 0 Å². The van der Waals surface area contributed by atoms with Gasteiger partial charge in [0.15, 0.2) is 0 Å². The van der Waals surface area contributed by atoms with E-state index >= 15 is 0 Å². The SMILES string of the molecule is CCN(CC)Cc1cn(-c2cccc(Nc3cccc(NC(=O)c4cccnc4)c3)c2)nn1. The summed E-state index contributed by atoms with van der Waals surface area (Å²) in [5.41, 5.74) is 4.83. The van der Waals surface area contributed by atoms with E-state index in [2.05, 4.69) is 44.7 Å². The Kier molecular flexibility index (Phi) is 7.06. The second-order valence-corrected chi connectivity index (χ2v) is 7.57. The molecule has 0 bridgehead atoms. The Morgan fingerprint density at radius 1 is 0.970 bits per heavy atom. The normalized spacial score (nSPS) is 10.9. The molecule has 2 aromatic heterocycles. The molecule has 0 aliphatic rings. The van der Waals surface area contributed by atoms with Crippen molar-refractivity contribution in [2.24, 2.45) is 0 Å². The number of benzene rings is 2. The van der Waals surface area contributed by atoms with Gasteiger partial charge in [-0.15, -0.1) is 5.10 Å². The van der Waals surface area contributed by atoms with Crippen LogP contribution in [0.25, 0.3) is 5.69 Å². The molecule has 1 amide bonds. The first-order chi connectivity index (χ1) is 16.1. The maximum Gasteiger partial charge on any atom is 0.257 e. The Morgan fingerprint density at radius 2 is 1.73 bits per heavy atom. The van der Waals surface area contributed by atoms with Crippen molar-refractivity contribution in [3.05, 3.63) is 90.5 Å². The number of carbonyl (C=O) groups excluding carboxylic acids is 1. The topological polar surface area (TPSA) is 88.0 Å². The summed E-state index contributed by atoms with van der Waals surface area (Å²) in [4.78, 5) is 18.7. The molecule has 4 rings (SSSR count). The van der Waals surface area contributed by atoms with Gasteiger partial charge in [-0.25, -0.2) is 4.68 Å². The Labute approximate surface area is 193 Å². The number of aromatic nitrogens is 4. The number of carbonyl (C=O) groups is 1. The third-order valence-corrected chi connectivity index (χ3v) is 5.26. The van der Waals surface area contributed by atoms with Crippen molar-refractivity contribution in [3.63, 3.8) is 0 Å². The summed E-state index contributed by atoms with van der Waals surface area (Å²) in [6.45, 7) is 7.02. The van der Waals surface area contributed by atoms with Crippen molar-refractivity contribution in [2.45, 2.75) is 20.4 Å². The van der Waals surface area contributed by atoms with Crippen molar-refractivity contribution >= 4 is 23.0 Å². The van der Waals surface area contributed by atoms with Gasteiger partial charge in [0.05, 0.1) is 23.1 Å². The Bertz CT molecular complexity index is 1200. The molecule has 0 aliphatic carbocycles. The van der Waals surface area contributed by atoms with E-state index in [4.69, 9.17) is 0 Å². The molecule has 168 valence electrons. The molecule has 2 N–H and O–H groups in total. The summed E-state index contributed by atoms with van der Waals surface area (Å²) >= 11 is 0. The van der Waals surface area contributed by atoms with Gasteiger partial charge in [-0.05, 0) is 61.6 Å². The first-order valence-electron chi connectivity index (χ1n) is 11.0. The molecule has 8 heteroatoms. The minimum Gasteiger partial charge on any atom is -0.355 e. The number of hydrogen-bond acceptors (Lipinski definition) is 6. The zero-order chi connectivity index (χ0) is 23.0. The molecule has 0 atom stereocenters. The van der Waals surface area contributed by atoms with Gasteiger partial charge in [-0.2, -0.15) is 0 Å². The molecule has 2 aromatic carbocycles. The minimum atomic E-state index is -0.200. The van der Waals surface area contributed by atoms with Gasteiger partial charge < -0.3 is 10.6 Å². The van der Waals surface area contributed by atoms with E-state index in [0.29, 0.717) is 11.3 Å². The van der Waals surface area contributed by atoms with Crippen LogP contribution in [0.3, 0.4) is 0 Å². The van der Waals surface area contributed by atoms with Crippen molar-refractivity contribution in [3.8, 4) is 5.69 Å². The van der Waals surface area contributed by atoms with E-state index in [1.54, 1.807) is 29.2 Å². The fourth-order valence-electron chi connectivity index (χ4n) is 3.44. The molecule has 0 spiro atoms. The lowest BCUT2D eigenvalue weighted by Crippen LogP contribution is -2.22. The molecule has 0 radical (unpaired) electrons. The van der Waals surface area contributed by atoms with Crippen LogP contribution in [0.4, 0.5) is 17.1 Å². The average molecular weight is 442 g/mol. The average Bonchev–Trinajstić information content (AvgIpc) is 3.32.